The second-order valence-electron chi connectivity index (χ2n) is 9.48. The predicted octanol–water partition coefficient (Wildman–Crippen LogP) is 3.09. The van der Waals surface area contributed by atoms with Crippen LogP contribution in [0.15, 0.2) is 92.2 Å². The molecule has 0 saturated carbocycles. The second-order valence-corrected chi connectivity index (χ2v) is 9.48. The summed E-state index contributed by atoms with van der Waals surface area (Å²) in [6.45, 7) is 12.1. The number of rotatable bonds is 8. The molecule has 2 aromatic carbocycles. The normalized spacial score (nSPS) is 27.0. The quantitative estimate of drug-likeness (QED) is 0.380. The molecule has 172 valence electrons. The number of pyridine rings is 1. The van der Waals surface area contributed by atoms with Crippen molar-refractivity contribution in [1.29, 1.82) is 0 Å². The Bertz CT molecular complexity index is 1100. The molecule has 2 bridgehead atoms. The van der Waals surface area contributed by atoms with E-state index >= 15 is 0 Å². The Hall–Kier alpha value is -2.46. The minimum absolute atomic E-state index is 0. The fraction of sp³-hybridized carbons (Fsp3) is 0.345. The van der Waals surface area contributed by atoms with Gasteiger partial charge in [-0.05, 0) is 23.6 Å². The van der Waals surface area contributed by atoms with Crippen LogP contribution in [0, 0.1) is 11.8 Å². The van der Waals surface area contributed by atoms with E-state index in [2.05, 4.69) is 84.9 Å². The van der Waals surface area contributed by atoms with Gasteiger partial charge in [0.05, 0.1) is 25.2 Å². The van der Waals surface area contributed by atoms with Gasteiger partial charge in [-0.2, -0.15) is 0 Å². The summed E-state index contributed by atoms with van der Waals surface area (Å²) in [5.41, 5.74) is 3.70. The van der Waals surface area contributed by atoms with Crippen LogP contribution in [0.1, 0.15) is 30.1 Å². The van der Waals surface area contributed by atoms with Crippen molar-refractivity contribution in [1.82, 2.24) is 4.98 Å². The summed E-state index contributed by atoms with van der Waals surface area (Å²) in [7, 11) is 0. The fourth-order valence-electron chi connectivity index (χ4n) is 6.26. The molecule has 3 nitrogen and oxygen atoms in total. The molecule has 6 rings (SSSR count). The molecule has 3 aromatic rings. The van der Waals surface area contributed by atoms with Gasteiger partial charge in [0.15, 0.2) is 0 Å². The molecule has 0 amide bonds. The molecule has 0 aliphatic carbocycles. The van der Waals surface area contributed by atoms with Gasteiger partial charge in [-0.1, -0.05) is 60.7 Å². The molecule has 0 radical (unpaired) electrons. The third kappa shape index (κ3) is 4.50. The summed E-state index contributed by atoms with van der Waals surface area (Å²) in [6.07, 6.45) is 8.47. The highest BCUT2D eigenvalue weighted by atomic mass is 35.5. The number of aromatic nitrogens is 1. The zero-order valence-corrected chi connectivity index (χ0v) is 19.9. The first-order chi connectivity index (χ1) is 15.7. The Balaban J connectivity index is 0.00000259. The lowest BCUT2D eigenvalue weighted by Gasteiger charge is -2.58. The smallest absolute Gasteiger partial charge is 0.135 e. The summed E-state index contributed by atoms with van der Waals surface area (Å²) in [4.78, 5) is 4.61. The second kappa shape index (κ2) is 10.2. The molecule has 4 heterocycles. The van der Waals surface area contributed by atoms with Gasteiger partial charge in [-0.15, -0.1) is 13.2 Å². The van der Waals surface area contributed by atoms with E-state index < -0.39 is 0 Å². The zero-order chi connectivity index (χ0) is 22.0. The van der Waals surface area contributed by atoms with Crippen molar-refractivity contribution < 1.29 is 21.6 Å². The third-order valence-electron chi connectivity index (χ3n) is 7.75. The van der Waals surface area contributed by atoms with Crippen LogP contribution in [-0.4, -0.2) is 35.2 Å². The molecular weight excluding hydrogens is 428 g/mol. The molecule has 0 N–H and O–H groups in total. The Labute approximate surface area is 203 Å². The maximum Gasteiger partial charge on any atom is 0.135 e. The first kappa shape index (κ1) is 23.7. The van der Waals surface area contributed by atoms with Crippen LogP contribution < -0.4 is 12.4 Å². The van der Waals surface area contributed by atoms with Crippen molar-refractivity contribution in [3.63, 3.8) is 0 Å². The van der Waals surface area contributed by atoms with E-state index in [1.807, 2.05) is 12.3 Å². The number of ether oxygens (including phenoxy) is 1. The van der Waals surface area contributed by atoms with E-state index in [4.69, 9.17) is 4.74 Å². The van der Waals surface area contributed by atoms with Gasteiger partial charge >= 0.3 is 0 Å². The van der Waals surface area contributed by atoms with Gasteiger partial charge in [-0.25, -0.2) is 0 Å². The van der Waals surface area contributed by atoms with Gasteiger partial charge in [-0.3, -0.25) is 4.98 Å². The molecule has 4 heteroatoms. The summed E-state index contributed by atoms with van der Waals surface area (Å²) in [5.74, 6) is 1.27. The van der Waals surface area contributed by atoms with Crippen molar-refractivity contribution in [2.75, 3.05) is 19.7 Å². The molecule has 33 heavy (non-hydrogen) atoms. The van der Waals surface area contributed by atoms with Crippen molar-refractivity contribution in [3.05, 3.63) is 103 Å². The first-order valence-electron chi connectivity index (χ1n) is 11.8. The lowest BCUT2D eigenvalue weighted by atomic mass is 9.71. The van der Waals surface area contributed by atoms with Crippen LogP contribution in [0.3, 0.4) is 0 Å². The highest BCUT2D eigenvalue weighted by Gasteiger charge is 2.54. The molecule has 5 atom stereocenters. The number of hydrogen-bond acceptors (Lipinski definition) is 2. The molecule has 3 aliphatic heterocycles. The van der Waals surface area contributed by atoms with Crippen molar-refractivity contribution >= 4 is 10.9 Å². The van der Waals surface area contributed by atoms with Gasteiger partial charge in [0.2, 0.25) is 0 Å². The van der Waals surface area contributed by atoms with Crippen LogP contribution in [0.2, 0.25) is 0 Å². The number of hydrogen-bond donors (Lipinski definition) is 0. The van der Waals surface area contributed by atoms with Crippen LogP contribution in [-0.2, 0) is 11.3 Å². The Morgan fingerprint density at radius 1 is 1.06 bits per heavy atom. The molecule has 1 unspecified atom stereocenters. The standard InChI is InChI=1S/C29H33N2O.ClH/c1-3-18-32-29(26-14-16-30-27-13-9-8-12-25(26)27)28-19-24-15-17-31(28,21-23(24)4-2)20-22-10-6-5-7-11-22;/h3-14,16,23-24,28-29H,1-2,15,17-21H2;1H/q+1;/p-1/t23-,24-,28+,29-,31?;/m0./s1. The predicted molar refractivity (Wildman–Crippen MR) is 131 cm³/mol. The van der Waals surface area contributed by atoms with E-state index in [-0.39, 0.29) is 18.5 Å². The lowest BCUT2D eigenvalue weighted by molar-refractivity contribution is -0.985. The van der Waals surface area contributed by atoms with Gasteiger partial charge in [0.1, 0.15) is 18.7 Å². The van der Waals surface area contributed by atoms with Crippen molar-refractivity contribution in [3.8, 4) is 0 Å². The lowest BCUT2D eigenvalue weighted by Crippen LogP contribution is -3.00. The summed E-state index contributed by atoms with van der Waals surface area (Å²) in [6, 6.07) is 22.0. The zero-order valence-electron chi connectivity index (χ0n) is 19.2. The number of nitrogens with zero attached hydrogens (tertiary/aromatic N) is 2. The number of fused-ring (bicyclic) bond motifs is 4. The highest BCUT2D eigenvalue weighted by molar-refractivity contribution is 5.82. The number of quaternary nitrogens is 1. The van der Waals surface area contributed by atoms with E-state index in [1.54, 1.807) is 0 Å². The largest absolute Gasteiger partial charge is 1.00 e. The molecule has 3 saturated heterocycles. The summed E-state index contributed by atoms with van der Waals surface area (Å²) >= 11 is 0. The van der Waals surface area contributed by atoms with Crippen molar-refractivity contribution in [2.24, 2.45) is 11.8 Å². The Kier molecular flexibility index (Phi) is 7.33. The van der Waals surface area contributed by atoms with Crippen molar-refractivity contribution in [2.45, 2.75) is 31.5 Å². The van der Waals surface area contributed by atoms with Gasteiger partial charge in [0, 0.05) is 35.9 Å². The van der Waals surface area contributed by atoms with Gasteiger partial charge < -0.3 is 21.6 Å². The minimum Gasteiger partial charge on any atom is -1.00 e. The molecule has 3 fully saturated rings. The minimum atomic E-state index is 0. The monoisotopic (exact) mass is 460 g/mol. The molecule has 3 aliphatic rings. The molecule has 0 spiro atoms. The summed E-state index contributed by atoms with van der Waals surface area (Å²) < 4.78 is 7.69. The molecular formula is C29H33ClN2O. The third-order valence-corrected chi connectivity index (χ3v) is 7.75. The number of halogens is 1. The fourth-order valence-corrected chi connectivity index (χ4v) is 6.26. The van der Waals surface area contributed by atoms with Crippen LogP contribution in [0.4, 0.5) is 0 Å². The number of piperidine rings is 3. The average Bonchev–Trinajstić information content (AvgIpc) is 2.85. The maximum atomic E-state index is 6.62. The van der Waals surface area contributed by atoms with E-state index in [0.29, 0.717) is 24.5 Å². The van der Waals surface area contributed by atoms with Crippen LogP contribution in [0.25, 0.3) is 10.9 Å². The van der Waals surface area contributed by atoms with E-state index in [9.17, 15) is 0 Å². The number of para-hydroxylation sites is 1. The first-order valence-corrected chi connectivity index (χ1v) is 11.8. The van der Waals surface area contributed by atoms with Crippen LogP contribution in [0.5, 0.6) is 0 Å². The number of benzene rings is 2. The highest BCUT2D eigenvalue weighted by Crippen LogP contribution is 2.49. The Morgan fingerprint density at radius 3 is 2.64 bits per heavy atom. The Morgan fingerprint density at radius 2 is 1.85 bits per heavy atom. The van der Waals surface area contributed by atoms with Gasteiger partial charge in [0.25, 0.3) is 0 Å². The van der Waals surface area contributed by atoms with E-state index in [0.717, 1.165) is 23.1 Å². The summed E-state index contributed by atoms with van der Waals surface area (Å²) in [5, 5.41) is 1.20. The van der Waals surface area contributed by atoms with E-state index in [1.165, 1.54) is 35.9 Å². The maximum absolute atomic E-state index is 6.62. The topological polar surface area (TPSA) is 22.1 Å². The molecule has 1 aromatic heterocycles. The van der Waals surface area contributed by atoms with Crippen LogP contribution >= 0.6 is 0 Å². The average molecular weight is 461 g/mol. The SMILES string of the molecule is C=CCO[C@@H](c1ccnc2ccccc12)[C@H]1C[C@@H]2CC[N+]1(Cc1ccccc1)C[C@@H]2C=C.[Cl-].